The summed E-state index contributed by atoms with van der Waals surface area (Å²) in [6.45, 7) is 8.98. The van der Waals surface area contributed by atoms with Crippen LogP contribution in [0.25, 0.3) is 0 Å². The van der Waals surface area contributed by atoms with Crippen molar-refractivity contribution in [3.05, 3.63) is 23.8 Å². The Morgan fingerprint density at radius 1 is 1.33 bits per heavy atom. The van der Waals surface area contributed by atoms with Gasteiger partial charge in [0.05, 0.1) is 7.11 Å². The third-order valence-electron chi connectivity index (χ3n) is 3.93. The van der Waals surface area contributed by atoms with E-state index >= 15 is 0 Å². The van der Waals surface area contributed by atoms with Crippen LogP contribution in [0.15, 0.2) is 18.2 Å². The molecule has 1 atom stereocenters. The minimum atomic E-state index is 0.621. The second-order valence-electron chi connectivity index (χ2n) is 4.85. The van der Waals surface area contributed by atoms with Crippen molar-refractivity contribution in [3.8, 4) is 5.75 Å². The van der Waals surface area contributed by atoms with Crippen LogP contribution in [0.5, 0.6) is 5.75 Å². The number of hydrogen-bond acceptors (Lipinski definition) is 3. The van der Waals surface area contributed by atoms with Crippen molar-refractivity contribution in [1.29, 1.82) is 0 Å². The smallest absolute Gasteiger partial charge is 0.119 e. The lowest BCUT2D eigenvalue weighted by Crippen LogP contribution is -2.25. The van der Waals surface area contributed by atoms with Gasteiger partial charge in [-0.05, 0) is 49.8 Å². The molecule has 1 aromatic carbocycles. The normalized spacial score (nSPS) is 17.7. The van der Waals surface area contributed by atoms with Crippen LogP contribution in [0.3, 0.4) is 0 Å². The van der Waals surface area contributed by atoms with E-state index in [1.54, 1.807) is 7.11 Å². The van der Waals surface area contributed by atoms with Crippen molar-refractivity contribution in [2.45, 2.75) is 26.2 Å². The molecule has 0 fully saturated rings. The Morgan fingerprint density at radius 3 is 2.78 bits per heavy atom. The summed E-state index contributed by atoms with van der Waals surface area (Å²) in [6, 6.07) is 6.34. The predicted octanol–water partition coefficient (Wildman–Crippen LogP) is 2.94. The maximum absolute atomic E-state index is 5.32. The molecule has 1 N–H and O–H groups in total. The van der Waals surface area contributed by atoms with Crippen LogP contribution >= 0.6 is 0 Å². The van der Waals surface area contributed by atoms with Crippen LogP contribution in [0.4, 0.5) is 5.69 Å². The molecule has 2 rings (SSSR count). The van der Waals surface area contributed by atoms with Crippen LogP contribution in [0, 0.1) is 0 Å². The Labute approximate surface area is 110 Å². The number of rotatable bonds is 6. The zero-order valence-electron chi connectivity index (χ0n) is 11.7. The van der Waals surface area contributed by atoms with Gasteiger partial charge in [0.15, 0.2) is 0 Å². The topological polar surface area (TPSA) is 24.5 Å². The highest BCUT2D eigenvalue weighted by Crippen LogP contribution is 2.36. The van der Waals surface area contributed by atoms with Crippen LogP contribution in [-0.4, -0.2) is 38.2 Å². The van der Waals surface area contributed by atoms with E-state index in [2.05, 4.69) is 36.2 Å². The summed E-state index contributed by atoms with van der Waals surface area (Å²) in [5.74, 6) is 1.58. The van der Waals surface area contributed by atoms with Crippen LogP contribution in [-0.2, 0) is 0 Å². The highest BCUT2D eigenvalue weighted by Gasteiger charge is 2.22. The fraction of sp³-hybridized carbons (Fsp3) is 0.600. The Balaban J connectivity index is 2.01. The van der Waals surface area contributed by atoms with Crippen molar-refractivity contribution < 1.29 is 4.74 Å². The maximum atomic E-state index is 5.32. The summed E-state index contributed by atoms with van der Waals surface area (Å²) >= 11 is 0. The van der Waals surface area contributed by atoms with Gasteiger partial charge >= 0.3 is 0 Å². The van der Waals surface area contributed by atoms with Crippen molar-refractivity contribution in [1.82, 2.24) is 4.90 Å². The number of hydrogen-bond donors (Lipinski definition) is 1. The van der Waals surface area contributed by atoms with Gasteiger partial charge in [0.1, 0.15) is 5.75 Å². The quantitative estimate of drug-likeness (QED) is 0.837. The molecule has 0 spiro atoms. The average Bonchev–Trinajstić information content (AvgIpc) is 2.82. The summed E-state index contributed by atoms with van der Waals surface area (Å²) in [6.07, 6.45) is 1.22. The number of methoxy groups -OCH3 is 1. The first-order valence-electron chi connectivity index (χ1n) is 6.92. The molecule has 0 bridgehead atoms. The predicted molar refractivity (Wildman–Crippen MR) is 76.6 cm³/mol. The Bertz CT molecular complexity index is 388. The molecule has 1 unspecified atom stereocenters. The van der Waals surface area contributed by atoms with Crippen LogP contribution in [0.2, 0.25) is 0 Å². The van der Waals surface area contributed by atoms with Gasteiger partial charge in [-0.1, -0.05) is 13.8 Å². The average molecular weight is 248 g/mol. The number of benzene rings is 1. The molecule has 3 heteroatoms. The van der Waals surface area contributed by atoms with E-state index in [-0.39, 0.29) is 0 Å². The molecule has 100 valence electrons. The molecule has 0 aliphatic carbocycles. The largest absolute Gasteiger partial charge is 0.497 e. The summed E-state index contributed by atoms with van der Waals surface area (Å²) < 4.78 is 5.32. The second kappa shape index (κ2) is 6.10. The van der Waals surface area contributed by atoms with E-state index in [1.807, 2.05) is 6.07 Å². The molecular formula is C15H24N2O. The van der Waals surface area contributed by atoms with Crippen LogP contribution in [0.1, 0.15) is 31.7 Å². The molecule has 1 aromatic rings. The lowest BCUT2D eigenvalue weighted by molar-refractivity contribution is 0.292. The number of fused-ring (bicyclic) bond motifs is 1. The second-order valence-corrected chi connectivity index (χ2v) is 4.85. The molecule has 0 saturated heterocycles. The Morgan fingerprint density at radius 2 is 2.11 bits per heavy atom. The SMILES string of the molecule is CCN(CC)CCC1CNc2ccc(OC)cc21. The van der Waals surface area contributed by atoms with Gasteiger partial charge in [-0.3, -0.25) is 0 Å². The number of nitrogens with one attached hydrogen (secondary N) is 1. The molecule has 0 amide bonds. The van der Waals surface area contributed by atoms with E-state index in [0.717, 1.165) is 25.4 Å². The first-order valence-corrected chi connectivity index (χ1v) is 6.92. The first kappa shape index (κ1) is 13.2. The lowest BCUT2D eigenvalue weighted by Gasteiger charge is -2.20. The molecule has 0 aromatic heterocycles. The highest BCUT2D eigenvalue weighted by molar-refractivity contribution is 5.60. The molecule has 1 heterocycles. The monoisotopic (exact) mass is 248 g/mol. The summed E-state index contributed by atoms with van der Waals surface area (Å²) in [5, 5.41) is 3.49. The van der Waals surface area contributed by atoms with Gasteiger partial charge in [-0.15, -0.1) is 0 Å². The zero-order valence-corrected chi connectivity index (χ0v) is 11.7. The zero-order chi connectivity index (χ0) is 13.0. The Kier molecular flexibility index (Phi) is 4.48. The molecule has 0 radical (unpaired) electrons. The lowest BCUT2D eigenvalue weighted by atomic mass is 9.97. The molecule has 1 aliphatic heterocycles. The molecular weight excluding hydrogens is 224 g/mol. The van der Waals surface area contributed by atoms with Gasteiger partial charge in [0.25, 0.3) is 0 Å². The number of nitrogens with zero attached hydrogens (tertiary/aromatic N) is 1. The van der Waals surface area contributed by atoms with Crippen molar-refractivity contribution in [2.24, 2.45) is 0 Å². The minimum absolute atomic E-state index is 0.621. The Hall–Kier alpha value is -1.22. The summed E-state index contributed by atoms with van der Waals surface area (Å²) in [5.41, 5.74) is 2.70. The fourth-order valence-corrected chi connectivity index (χ4v) is 2.65. The highest BCUT2D eigenvalue weighted by atomic mass is 16.5. The fourth-order valence-electron chi connectivity index (χ4n) is 2.65. The number of anilines is 1. The van der Waals surface area contributed by atoms with Gasteiger partial charge in [0.2, 0.25) is 0 Å². The molecule has 18 heavy (non-hydrogen) atoms. The van der Waals surface area contributed by atoms with Gasteiger partial charge in [-0.2, -0.15) is 0 Å². The molecule has 1 aliphatic rings. The van der Waals surface area contributed by atoms with Crippen LogP contribution < -0.4 is 10.1 Å². The van der Waals surface area contributed by atoms with Crippen molar-refractivity contribution in [3.63, 3.8) is 0 Å². The van der Waals surface area contributed by atoms with Crippen molar-refractivity contribution >= 4 is 5.69 Å². The molecule has 0 saturated carbocycles. The van der Waals surface area contributed by atoms with Crippen molar-refractivity contribution in [2.75, 3.05) is 38.6 Å². The third kappa shape index (κ3) is 2.78. The van der Waals surface area contributed by atoms with E-state index in [9.17, 15) is 0 Å². The van der Waals surface area contributed by atoms with E-state index in [1.165, 1.54) is 24.2 Å². The molecule has 3 nitrogen and oxygen atoms in total. The van der Waals surface area contributed by atoms with Gasteiger partial charge in [-0.25, -0.2) is 0 Å². The first-order chi connectivity index (χ1) is 8.78. The standard InChI is InChI=1S/C15H24N2O/c1-4-17(5-2)9-8-12-11-16-15-7-6-13(18-3)10-14(12)15/h6-7,10,12,16H,4-5,8-9,11H2,1-3H3. The van der Waals surface area contributed by atoms with E-state index in [0.29, 0.717) is 5.92 Å². The van der Waals surface area contributed by atoms with Gasteiger partial charge < -0.3 is 15.0 Å². The minimum Gasteiger partial charge on any atom is -0.497 e. The van der Waals surface area contributed by atoms with Gasteiger partial charge in [0, 0.05) is 18.2 Å². The maximum Gasteiger partial charge on any atom is 0.119 e. The van der Waals surface area contributed by atoms with E-state index < -0.39 is 0 Å². The summed E-state index contributed by atoms with van der Waals surface area (Å²) in [7, 11) is 1.73. The number of ether oxygens (including phenoxy) is 1. The summed E-state index contributed by atoms with van der Waals surface area (Å²) in [4.78, 5) is 2.48. The van der Waals surface area contributed by atoms with E-state index in [4.69, 9.17) is 4.74 Å². The third-order valence-corrected chi connectivity index (χ3v) is 3.93.